The van der Waals surface area contributed by atoms with E-state index in [-0.39, 0.29) is 29.0 Å². The molecular formula is C24H29N3O4S2. The first kappa shape index (κ1) is 26.2. The molecule has 176 valence electrons. The van der Waals surface area contributed by atoms with E-state index < -0.39 is 10.0 Å². The average Bonchev–Trinajstić information content (AvgIpc) is 2.78. The lowest BCUT2D eigenvalue weighted by Crippen LogP contribution is -2.34. The van der Waals surface area contributed by atoms with Crippen molar-refractivity contribution in [2.24, 2.45) is 5.92 Å². The van der Waals surface area contributed by atoms with E-state index in [1.807, 2.05) is 0 Å². The maximum absolute atomic E-state index is 12.8. The lowest BCUT2D eigenvalue weighted by molar-refractivity contribution is 0.0977. The molecule has 0 saturated heterocycles. The van der Waals surface area contributed by atoms with E-state index in [9.17, 15) is 13.2 Å². The Kier molecular flexibility index (Phi) is 9.77. The summed E-state index contributed by atoms with van der Waals surface area (Å²) in [5, 5.41) is 5.58. The van der Waals surface area contributed by atoms with Crippen LogP contribution in [-0.2, 0) is 10.0 Å². The van der Waals surface area contributed by atoms with Gasteiger partial charge in [0.25, 0.3) is 5.91 Å². The SMILES string of the molecule is C=CCN(CC=C)S(=O)(=O)c1ccc(NC(=S)NC(=O)c2ccc(OCC(C)C)cc2)cc1. The topological polar surface area (TPSA) is 87.7 Å². The summed E-state index contributed by atoms with van der Waals surface area (Å²) in [5.74, 6) is 0.728. The average molecular weight is 488 g/mol. The number of nitrogens with one attached hydrogen (secondary N) is 2. The molecule has 0 spiro atoms. The van der Waals surface area contributed by atoms with Gasteiger partial charge in [-0.3, -0.25) is 10.1 Å². The summed E-state index contributed by atoms with van der Waals surface area (Å²) in [4.78, 5) is 12.6. The van der Waals surface area contributed by atoms with Crippen LogP contribution in [-0.4, -0.2) is 43.4 Å². The predicted molar refractivity (Wildman–Crippen MR) is 136 cm³/mol. The van der Waals surface area contributed by atoms with Crippen molar-refractivity contribution in [2.45, 2.75) is 18.7 Å². The van der Waals surface area contributed by atoms with E-state index in [1.54, 1.807) is 36.4 Å². The van der Waals surface area contributed by atoms with Gasteiger partial charge in [0.1, 0.15) is 5.75 Å². The second-order valence-corrected chi connectivity index (χ2v) is 9.91. The molecule has 0 atom stereocenters. The van der Waals surface area contributed by atoms with E-state index >= 15 is 0 Å². The Hall–Kier alpha value is -3.01. The number of anilines is 1. The molecule has 0 aromatic heterocycles. The van der Waals surface area contributed by atoms with Crippen LogP contribution in [0.3, 0.4) is 0 Å². The maximum atomic E-state index is 12.8. The van der Waals surface area contributed by atoms with Crippen LogP contribution in [0.1, 0.15) is 24.2 Å². The van der Waals surface area contributed by atoms with E-state index in [4.69, 9.17) is 17.0 Å². The molecule has 0 aliphatic heterocycles. The van der Waals surface area contributed by atoms with Crippen molar-refractivity contribution in [1.82, 2.24) is 9.62 Å². The summed E-state index contributed by atoms with van der Waals surface area (Å²) in [6, 6.07) is 12.9. The molecular weight excluding hydrogens is 458 g/mol. The van der Waals surface area contributed by atoms with Gasteiger partial charge >= 0.3 is 0 Å². The van der Waals surface area contributed by atoms with Crippen molar-refractivity contribution >= 4 is 38.9 Å². The van der Waals surface area contributed by atoms with Crippen LogP contribution < -0.4 is 15.4 Å². The molecule has 0 heterocycles. The standard InChI is InChI=1S/C24H29N3O4S2/c1-5-15-27(16-6-2)33(29,30)22-13-9-20(10-14-22)25-24(32)26-23(28)19-7-11-21(12-8-19)31-17-18(3)4/h5-14,18H,1-2,15-17H2,3-4H3,(H2,25,26,28,32). The normalized spacial score (nSPS) is 11.2. The molecule has 2 aromatic carbocycles. The fourth-order valence-electron chi connectivity index (χ4n) is 2.72. The molecule has 0 unspecified atom stereocenters. The number of carbonyl (C=O) groups excluding carboxylic acids is 1. The molecule has 2 aromatic rings. The highest BCUT2D eigenvalue weighted by Crippen LogP contribution is 2.19. The molecule has 0 aliphatic rings. The van der Waals surface area contributed by atoms with Gasteiger partial charge in [0.05, 0.1) is 11.5 Å². The lowest BCUT2D eigenvalue weighted by Gasteiger charge is -2.19. The molecule has 0 saturated carbocycles. The largest absolute Gasteiger partial charge is 0.493 e. The monoisotopic (exact) mass is 487 g/mol. The number of rotatable bonds is 11. The number of nitrogens with zero attached hydrogens (tertiary/aromatic N) is 1. The van der Waals surface area contributed by atoms with Gasteiger partial charge in [0.15, 0.2) is 5.11 Å². The third kappa shape index (κ3) is 7.81. The van der Waals surface area contributed by atoms with Crippen LogP contribution >= 0.6 is 12.2 Å². The van der Waals surface area contributed by atoms with Gasteiger partial charge < -0.3 is 10.1 Å². The summed E-state index contributed by atoms with van der Waals surface area (Å²) in [6.07, 6.45) is 3.04. The van der Waals surface area contributed by atoms with Gasteiger partial charge in [0.2, 0.25) is 10.0 Å². The zero-order chi connectivity index (χ0) is 24.4. The molecule has 0 bridgehead atoms. The highest BCUT2D eigenvalue weighted by molar-refractivity contribution is 7.89. The van der Waals surface area contributed by atoms with E-state index in [0.29, 0.717) is 29.5 Å². The first-order chi connectivity index (χ1) is 15.7. The number of hydrogen-bond donors (Lipinski definition) is 2. The lowest BCUT2D eigenvalue weighted by atomic mass is 10.2. The van der Waals surface area contributed by atoms with Crippen LogP contribution in [0.25, 0.3) is 0 Å². The van der Waals surface area contributed by atoms with Gasteiger partial charge in [0, 0.05) is 24.3 Å². The second kappa shape index (κ2) is 12.3. The van der Waals surface area contributed by atoms with E-state index in [0.717, 1.165) is 0 Å². The number of benzene rings is 2. The molecule has 2 rings (SSSR count). The van der Waals surface area contributed by atoms with Crippen LogP contribution in [0.5, 0.6) is 5.75 Å². The minimum absolute atomic E-state index is 0.0932. The summed E-state index contributed by atoms with van der Waals surface area (Å²) >= 11 is 5.21. The van der Waals surface area contributed by atoms with Crippen LogP contribution in [0.2, 0.25) is 0 Å². The summed E-state index contributed by atoms with van der Waals surface area (Å²) in [6.45, 7) is 12.3. The van der Waals surface area contributed by atoms with Crippen molar-refractivity contribution in [3.63, 3.8) is 0 Å². The van der Waals surface area contributed by atoms with Crippen molar-refractivity contribution in [3.8, 4) is 5.75 Å². The highest BCUT2D eigenvalue weighted by Gasteiger charge is 2.22. The molecule has 0 aliphatic carbocycles. The Morgan fingerprint density at radius 2 is 1.64 bits per heavy atom. The summed E-state index contributed by atoms with van der Waals surface area (Å²) < 4.78 is 32.4. The highest BCUT2D eigenvalue weighted by atomic mass is 32.2. The fourth-order valence-corrected chi connectivity index (χ4v) is 4.31. The smallest absolute Gasteiger partial charge is 0.257 e. The zero-order valence-electron chi connectivity index (χ0n) is 18.8. The van der Waals surface area contributed by atoms with Gasteiger partial charge in [-0.1, -0.05) is 26.0 Å². The number of amides is 1. The Morgan fingerprint density at radius 1 is 1.06 bits per heavy atom. The quantitative estimate of drug-likeness (QED) is 0.365. The van der Waals surface area contributed by atoms with Gasteiger partial charge in [-0.2, -0.15) is 4.31 Å². The maximum Gasteiger partial charge on any atom is 0.257 e. The number of sulfonamides is 1. The Labute approximate surface area is 201 Å². The minimum atomic E-state index is -3.69. The number of thiocarbonyl (C=S) groups is 1. The molecule has 9 heteroatoms. The third-order valence-corrected chi connectivity index (χ3v) is 6.39. The number of hydrogen-bond acceptors (Lipinski definition) is 5. The van der Waals surface area contributed by atoms with Crippen molar-refractivity contribution < 1.29 is 17.9 Å². The Morgan fingerprint density at radius 3 is 2.15 bits per heavy atom. The molecule has 33 heavy (non-hydrogen) atoms. The first-order valence-corrected chi connectivity index (χ1v) is 12.2. The molecule has 0 radical (unpaired) electrons. The molecule has 7 nitrogen and oxygen atoms in total. The zero-order valence-corrected chi connectivity index (χ0v) is 20.4. The number of carbonyl (C=O) groups is 1. The molecule has 1 amide bonds. The Balaban J connectivity index is 1.98. The van der Waals surface area contributed by atoms with Crippen LogP contribution in [0.4, 0.5) is 5.69 Å². The third-order valence-electron chi connectivity index (χ3n) is 4.34. The van der Waals surface area contributed by atoms with Crippen molar-refractivity contribution in [2.75, 3.05) is 25.0 Å². The van der Waals surface area contributed by atoms with Crippen LogP contribution in [0, 0.1) is 5.92 Å². The summed E-state index contributed by atoms with van der Waals surface area (Å²) in [5.41, 5.74) is 0.970. The molecule has 0 fully saturated rings. The first-order valence-electron chi connectivity index (χ1n) is 10.3. The van der Waals surface area contributed by atoms with E-state index in [1.165, 1.54) is 28.6 Å². The second-order valence-electron chi connectivity index (χ2n) is 7.56. The minimum Gasteiger partial charge on any atom is -0.493 e. The Bertz CT molecular complexity index is 1070. The van der Waals surface area contributed by atoms with E-state index in [2.05, 4.69) is 37.6 Å². The fraction of sp³-hybridized carbons (Fsp3) is 0.250. The number of ether oxygens (including phenoxy) is 1. The van der Waals surface area contributed by atoms with Gasteiger partial charge in [-0.25, -0.2) is 8.42 Å². The van der Waals surface area contributed by atoms with Gasteiger partial charge in [-0.15, -0.1) is 13.2 Å². The van der Waals surface area contributed by atoms with Crippen molar-refractivity contribution in [3.05, 3.63) is 79.4 Å². The summed E-state index contributed by atoms with van der Waals surface area (Å²) in [7, 11) is -3.69. The van der Waals surface area contributed by atoms with Crippen molar-refractivity contribution in [1.29, 1.82) is 0 Å². The molecule has 2 N–H and O–H groups in total. The predicted octanol–water partition coefficient (Wildman–Crippen LogP) is 4.21. The van der Waals surface area contributed by atoms with Gasteiger partial charge in [-0.05, 0) is 66.7 Å². The van der Waals surface area contributed by atoms with Crippen LogP contribution in [0.15, 0.2) is 78.7 Å².